The number of carboxylic acids is 1. The first-order chi connectivity index (χ1) is 7.32. The van der Waals surface area contributed by atoms with E-state index in [1.807, 2.05) is 0 Å². The van der Waals surface area contributed by atoms with E-state index in [1.165, 1.54) is 18.2 Å². The van der Waals surface area contributed by atoms with Gasteiger partial charge in [-0.1, -0.05) is 18.2 Å². The minimum atomic E-state index is -3.47. The van der Waals surface area contributed by atoms with Crippen LogP contribution in [0.25, 0.3) is 0 Å². The predicted octanol–water partition coefficient (Wildman–Crippen LogP) is 0.598. The highest BCUT2D eigenvalue weighted by molar-refractivity contribution is 7.90. The Morgan fingerprint density at radius 1 is 1.38 bits per heavy atom. The van der Waals surface area contributed by atoms with Crippen LogP contribution in [0.4, 0.5) is 0 Å². The lowest BCUT2D eigenvalue weighted by Gasteiger charge is -2.12. The minimum Gasteiger partial charge on any atom is -0.481 e. The Labute approximate surface area is 93.3 Å². The zero-order chi connectivity index (χ0) is 12.3. The fraction of sp³-hybridized carbons (Fsp3) is 0.300. The summed E-state index contributed by atoms with van der Waals surface area (Å²) in [6.45, 7) is 0. The number of benzene rings is 1. The van der Waals surface area contributed by atoms with Gasteiger partial charge in [0.2, 0.25) is 0 Å². The van der Waals surface area contributed by atoms with E-state index in [4.69, 9.17) is 5.11 Å². The monoisotopic (exact) mass is 244 g/mol. The smallest absolute Gasteiger partial charge is 0.306 e. The Morgan fingerprint density at radius 2 is 1.94 bits per heavy atom. The average molecular weight is 244 g/mol. The van der Waals surface area contributed by atoms with Crippen molar-refractivity contribution in [3.05, 3.63) is 29.8 Å². The molecular weight excluding hydrogens is 232 g/mol. The molecule has 0 saturated carbocycles. The Kier molecular flexibility index (Phi) is 3.66. The first-order valence-corrected chi connectivity index (χ1v) is 6.40. The van der Waals surface area contributed by atoms with Gasteiger partial charge in [0, 0.05) is 6.26 Å². The topological polar surface area (TPSA) is 91.7 Å². The normalized spacial score (nSPS) is 13.4. The van der Waals surface area contributed by atoms with Gasteiger partial charge in [-0.3, -0.25) is 4.79 Å². The zero-order valence-electron chi connectivity index (χ0n) is 8.62. The van der Waals surface area contributed by atoms with Gasteiger partial charge in [0.15, 0.2) is 9.84 Å². The second-order valence-electron chi connectivity index (χ2n) is 3.42. The highest BCUT2D eigenvalue weighted by Crippen LogP contribution is 2.24. The van der Waals surface area contributed by atoms with E-state index in [1.54, 1.807) is 6.07 Å². The summed E-state index contributed by atoms with van der Waals surface area (Å²) < 4.78 is 22.8. The van der Waals surface area contributed by atoms with Gasteiger partial charge in [-0.2, -0.15) is 0 Å². The van der Waals surface area contributed by atoms with Gasteiger partial charge >= 0.3 is 5.97 Å². The lowest BCUT2D eigenvalue weighted by molar-refractivity contribution is -0.139. The molecule has 0 heterocycles. The van der Waals surface area contributed by atoms with Crippen LogP contribution in [0.2, 0.25) is 0 Å². The largest absolute Gasteiger partial charge is 0.481 e. The molecule has 0 radical (unpaired) electrons. The van der Waals surface area contributed by atoms with Gasteiger partial charge in [-0.15, -0.1) is 0 Å². The van der Waals surface area contributed by atoms with Crippen LogP contribution in [0, 0.1) is 0 Å². The van der Waals surface area contributed by atoms with Crippen molar-refractivity contribution in [1.29, 1.82) is 0 Å². The van der Waals surface area contributed by atoms with Crippen LogP contribution >= 0.6 is 0 Å². The molecule has 0 spiro atoms. The summed E-state index contributed by atoms with van der Waals surface area (Å²) in [6, 6.07) is 5.82. The van der Waals surface area contributed by atoms with Crippen LogP contribution in [-0.2, 0) is 14.6 Å². The van der Waals surface area contributed by atoms with E-state index in [-0.39, 0.29) is 10.5 Å². The maximum Gasteiger partial charge on any atom is 0.306 e. The molecule has 1 rings (SSSR count). The van der Waals surface area contributed by atoms with Gasteiger partial charge in [-0.25, -0.2) is 8.42 Å². The molecule has 1 aromatic carbocycles. The fourth-order valence-electron chi connectivity index (χ4n) is 1.37. The quantitative estimate of drug-likeness (QED) is 0.809. The van der Waals surface area contributed by atoms with Gasteiger partial charge in [0.25, 0.3) is 0 Å². The Bertz CT molecular complexity index is 492. The molecule has 0 fully saturated rings. The van der Waals surface area contributed by atoms with Crippen molar-refractivity contribution in [1.82, 2.24) is 0 Å². The molecule has 1 unspecified atom stereocenters. The number of aliphatic hydroxyl groups excluding tert-OH is 1. The summed E-state index contributed by atoms with van der Waals surface area (Å²) in [6.07, 6.45) is -0.824. The van der Waals surface area contributed by atoms with Gasteiger partial charge in [-0.05, 0) is 11.6 Å². The van der Waals surface area contributed by atoms with Crippen LogP contribution in [0.3, 0.4) is 0 Å². The summed E-state index contributed by atoms with van der Waals surface area (Å²) in [5, 5.41) is 18.1. The van der Waals surface area contributed by atoms with E-state index >= 15 is 0 Å². The highest BCUT2D eigenvalue weighted by Gasteiger charge is 2.20. The predicted molar refractivity (Wildman–Crippen MR) is 56.8 cm³/mol. The summed E-state index contributed by atoms with van der Waals surface area (Å²) in [4.78, 5) is 10.4. The number of hydrogen-bond acceptors (Lipinski definition) is 4. The number of carboxylic acid groups (broad SMARTS) is 1. The third-order valence-corrected chi connectivity index (χ3v) is 3.22. The summed E-state index contributed by atoms with van der Waals surface area (Å²) in [5.41, 5.74) is 0.118. The standard InChI is InChI=1S/C10H12O5S/c1-16(14,15)9-5-3-2-4-7(9)8(11)6-10(12)13/h2-5,8,11H,6H2,1H3,(H,12,13). The molecule has 2 N–H and O–H groups in total. The number of hydrogen-bond donors (Lipinski definition) is 2. The van der Waals surface area contributed by atoms with E-state index in [9.17, 15) is 18.3 Å². The maximum atomic E-state index is 11.4. The SMILES string of the molecule is CS(=O)(=O)c1ccccc1C(O)CC(=O)O. The first-order valence-electron chi connectivity index (χ1n) is 4.51. The molecule has 0 aliphatic carbocycles. The summed E-state index contributed by atoms with van der Waals surface area (Å²) in [5.74, 6) is -1.18. The Hall–Kier alpha value is -1.40. The molecule has 6 heteroatoms. The van der Waals surface area contributed by atoms with Crippen LogP contribution in [0.1, 0.15) is 18.1 Å². The van der Waals surface area contributed by atoms with Gasteiger partial charge in [0.1, 0.15) is 0 Å². The number of sulfone groups is 1. The first kappa shape index (κ1) is 12.7. The van der Waals surface area contributed by atoms with Gasteiger partial charge < -0.3 is 10.2 Å². The molecule has 0 aliphatic heterocycles. The molecular formula is C10H12O5S. The highest BCUT2D eigenvalue weighted by atomic mass is 32.2. The second-order valence-corrected chi connectivity index (χ2v) is 5.41. The van der Waals surface area contributed by atoms with Crippen molar-refractivity contribution in [3.63, 3.8) is 0 Å². The number of carbonyl (C=O) groups is 1. The number of aliphatic carboxylic acids is 1. The molecule has 16 heavy (non-hydrogen) atoms. The lowest BCUT2D eigenvalue weighted by Crippen LogP contribution is -2.10. The molecule has 88 valence electrons. The van der Waals surface area contributed by atoms with E-state index in [0.29, 0.717) is 0 Å². The van der Waals surface area contributed by atoms with Crippen LogP contribution in [0.5, 0.6) is 0 Å². The third kappa shape index (κ3) is 3.04. The minimum absolute atomic E-state index is 0.0382. The van der Waals surface area contributed by atoms with E-state index in [2.05, 4.69) is 0 Å². The molecule has 0 aromatic heterocycles. The molecule has 1 aromatic rings. The average Bonchev–Trinajstić information content (AvgIpc) is 2.15. The molecule has 5 nitrogen and oxygen atoms in total. The van der Waals surface area contributed by atoms with Crippen molar-refractivity contribution < 1.29 is 23.4 Å². The molecule has 1 atom stereocenters. The lowest BCUT2D eigenvalue weighted by atomic mass is 10.1. The zero-order valence-corrected chi connectivity index (χ0v) is 9.44. The molecule has 0 bridgehead atoms. The molecule has 0 saturated heterocycles. The van der Waals surface area contributed by atoms with Crippen molar-refractivity contribution in [3.8, 4) is 0 Å². The molecule has 0 aliphatic rings. The number of rotatable bonds is 4. The van der Waals surface area contributed by atoms with Crippen molar-refractivity contribution in [2.75, 3.05) is 6.26 Å². The third-order valence-electron chi connectivity index (χ3n) is 2.05. The van der Waals surface area contributed by atoms with Crippen molar-refractivity contribution >= 4 is 15.8 Å². The van der Waals surface area contributed by atoms with Crippen molar-refractivity contribution in [2.24, 2.45) is 0 Å². The summed E-state index contributed by atoms with van der Waals surface area (Å²) >= 11 is 0. The second kappa shape index (κ2) is 4.63. The summed E-state index contributed by atoms with van der Waals surface area (Å²) in [7, 11) is -3.47. The maximum absolute atomic E-state index is 11.4. The van der Waals surface area contributed by atoms with Gasteiger partial charge in [0.05, 0.1) is 17.4 Å². The molecule has 0 amide bonds. The fourth-order valence-corrected chi connectivity index (χ4v) is 2.33. The van der Waals surface area contributed by atoms with Crippen LogP contribution < -0.4 is 0 Å². The van der Waals surface area contributed by atoms with Crippen LogP contribution in [0.15, 0.2) is 29.2 Å². The number of aliphatic hydroxyl groups is 1. The van der Waals surface area contributed by atoms with Crippen LogP contribution in [-0.4, -0.2) is 30.9 Å². The Balaban J connectivity index is 3.19. The Morgan fingerprint density at radius 3 is 2.44 bits per heavy atom. The van der Waals surface area contributed by atoms with E-state index in [0.717, 1.165) is 6.26 Å². The van der Waals surface area contributed by atoms with E-state index < -0.39 is 28.3 Å². The van der Waals surface area contributed by atoms with Crippen molar-refractivity contribution in [2.45, 2.75) is 17.4 Å².